The first-order valence-electron chi connectivity index (χ1n) is 9.69. The number of amides is 1. The van der Waals surface area contributed by atoms with Crippen molar-refractivity contribution in [2.75, 3.05) is 5.32 Å². The fourth-order valence-corrected chi connectivity index (χ4v) is 5.53. The molecule has 1 atom stereocenters. The number of nitrogens with one attached hydrogen (secondary N) is 1. The number of thioether (sulfide) groups is 1. The number of hydrogen-bond donors (Lipinski definition) is 1. The Kier molecular flexibility index (Phi) is 6.19. The van der Waals surface area contributed by atoms with E-state index in [1.54, 1.807) is 4.57 Å². The smallest absolute Gasteiger partial charge is 0.263 e. The molecule has 0 radical (unpaired) electrons. The van der Waals surface area contributed by atoms with Gasteiger partial charge in [-0.2, -0.15) is 0 Å². The summed E-state index contributed by atoms with van der Waals surface area (Å²) < 4.78 is 1.66. The molecule has 2 heterocycles. The highest BCUT2D eigenvalue weighted by Gasteiger charge is 2.22. The molecule has 5 nitrogen and oxygen atoms in total. The number of nitrogens with zero attached hydrogens (tertiary/aromatic N) is 2. The molecular weight excluding hydrogens is 402 g/mol. The Morgan fingerprint density at radius 2 is 1.83 bits per heavy atom. The van der Waals surface area contributed by atoms with Crippen molar-refractivity contribution in [2.45, 2.75) is 65.4 Å². The van der Waals surface area contributed by atoms with Crippen LogP contribution in [0.25, 0.3) is 10.2 Å². The lowest BCUT2D eigenvalue weighted by atomic mass is 10.1. The first kappa shape index (κ1) is 21.6. The van der Waals surface area contributed by atoms with Crippen LogP contribution in [0.15, 0.2) is 22.1 Å². The van der Waals surface area contributed by atoms with Crippen molar-refractivity contribution < 1.29 is 4.79 Å². The van der Waals surface area contributed by atoms with E-state index in [4.69, 9.17) is 4.98 Å². The molecule has 0 spiro atoms. The van der Waals surface area contributed by atoms with Crippen LogP contribution in [0.4, 0.5) is 5.69 Å². The van der Waals surface area contributed by atoms with Crippen LogP contribution in [-0.2, 0) is 11.3 Å². The highest BCUT2D eigenvalue weighted by Crippen LogP contribution is 2.30. The molecule has 1 aromatic carbocycles. The zero-order chi connectivity index (χ0) is 21.5. The Hall–Kier alpha value is -2.12. The fourth-order valence-electron chi connectivity index (χ4n) is 3.49. The lowest BCUT2D eigenvalue weighted by molar-refractivity contribution is -0.115. The van der Waals surface area contributed by atoms with Crippen molar-refractivity contribution in [3.8, 4) is 0 Å². The van der Waals surface area contributed by atoms with Gasteiger partial charge >= 0.3 is 0 Å². The van der Waals surface area contributed by atoms with Crippen molar-refractivity contribution in [1.29, 1.82) is 0 Å². The van der Waals surface area contributed by atoms with E-state index in [2.05, 4.69) is 17.4 Å². The largest absolute Gasteiger partial charge is 0.325 e. The van der Waals surface area contributed by atoms with Crippen LogP contribution in [0.2, 0.25) is 0 Å². The van der Waals surface area contributed by atoms with Gasteiger partial charge in [-0.25, -0.2) is 4.98 Å². The van der Waals surface area contributed by atoms with Crippen LogP contribution in [0.1, 0.15) is 41.0 Å². The predicted octanol–water partition coefficient (Wildman–Crippen LogP) is 5.14. The van der Waals surface area contributed by atoms with E-state index in [1.165, 1.54) is 28.7 Å². The number of anilines is 1. The van der Waals surface area contributed by atoms with Gasteiger partial charge in [-0.1, -0.05) is 29.5 Å². The van der Waals surface area contributed by atoms with E-state index in [1.807, 2.05) is 48.5 Å². The zero-order valence-corrected chi connectivity index (χ0v) is 19.6. The maximum absolute atomic E-state index is 13.0. The van der Waals surface area contributed by atoms with Gasteiger partial charge in [-0.3, -0.25) is 14.2 Å². The van der Waals surface area contributed by atoms with Gasteiger partial charge in [0.15, 0.2) is 5.16 Å². The summed E-state index contributed by atoms with van der Waals surface area (Å²) in [5.41, 5.74) is 5.09. The first-order chi connectivity index (χ1) is 13.6. The van der Waals surface area contributed by atoms with E-state index >= 15 is 0 Å². The van der Waals surface area contributed by atoms with Crippen LogP contribution in [0, 0.1) is 34.6 Å². The number of rotatable bonds is 5. The number of thiophene rings is 1. The Labute approximate surface area is 179 Å². The molecule has 3 aromatic rings. The van der Waals surface area contributed by atoms with Crippen LogP contribution >= 0.6 is 23.1 Å². The molecule has 1 amide bonds. The maximum Gasteiger partial charge on any atom is 0.263 e. The number of aryl methyl sites for hydroxylation is 5. The maximum atomic E-state index is 13.0. The van der Waals surface area contributed by atoms with Gasteiger partial charge in [0, 0.05) is 17.1 Å². The van der Waals surface area contributed by atoms with Crippen molar-refractivity contribution in [3.63, 3.8) is 0 Å². The number of carbonyl (C=O) groups excluding carboxylic acids is 1. The summed E-state index contributed by atoms with van der Waals surface area (Å²) in [6.45, 7) is 14.3. The lowest BCUT2D eigenvalue weighted by Gasteiger charge is -2.17. The van der Waals surface area contributed by atoms with Gasteiger partial charge < -0.3 is 5.32 Å². The monoisotopic (exact) mass is 429 g/mol. The topological polar surface area (TPSA) is 64.0 Å². The molecule has 3 rings (SSSR count). The molecule has 0 aliphatic carbocycles. The lowest BCUT2D eigenvalue weighted by Crippen LogP contribution is -2.27. The van der Waals surface area contributed by atoms with E-state index < -0.39 is 0 Å². The third-order valence-corrected chi connectivity index (χ3v) is 7.34. The normalized spacial score (nSPS) is 12.4. The predicted molar refractivity (Wildman–Crippen MR) is 124 cm³/mol. The minimum atomic E-state index is -0.389. The molecule has 0 saturated heterocycles. The molecule has 1 unspecified atom stereocenters. The van der Waals surface area contributed by atoms with Crippen LogP contribution in [0.3, 0.4) is 0 Å². The minimum absolute atomic E-state index is 0.0281. The fraction of sp³-hybridized carbons (Fsp3) is 0.409. The van der Waals surface area contributed by atoms with Gasteiger partial charge in [-0.05, 0) is 65.2 Å². The quantitative estimate of drug-likeness (QED) is 0.451. The molecule has 0 aliphatic heterocycles. The van der Waals surface area contributed by atoms with E-state index in [-0.39, 0.29) is 16.7 Å². The second-order valence-electron chi connectivity index (χ2n) is 7.43. The molecular formula is C22H27N3O2S2. The summed E-state index contributed by atoms with van der Waals surface area (Å²) in [5, 5.41) is 3.95. The van der Waals surface area contributed by atoms with Gasteiger partial charge in [0.2, 0.25) is 5.91 Å². The summed E-state index contributed by atoms with van der Waals surface area (Å²) in [4.78, 5) is 32.4. The number of aromatic nitrogens is 2. The molecule has 7 heteroatoms. The minimum Gasteiger partial charge on any atom is -0.325 e. The summed E-state index contributed by atoms with van der Waals surface area (Å²) >= 11 is 2.86. The van der Waals surface area contributed by atoms with E-state index in [0.29, 0.717) is 17.1 Å². The summed E-state index contributed by atoms with van der Waals surface area (Å²) in [7, 11) is 0. The Balaban J connectivity index is 1.90. The molecule has 0 aliphatic rings. The van der Waals surface area contributed by atoms with Crippen LogP contribution in [-0.4, -0.2) is 20.7 Å². The SMILES string of the molecule is CCn1c(SC(C)C(=O)Nc2c(C)cc(C)cc2C)nc2sc(C)c(C)c2c1=O. The Morgan fingerprint density at radius 1 is 1.21 bits per heavy atom. The number of benzene rings is 1. The third kappa shape index (κ3) is 4.12. The Morgan fingerprint density at radius 3 is 2.41 bits per heavy atom. The second kappa shape index (κ2) is 8.32. The van der Waals surface area contributed by atoms with Crippen molar-refractivity contribution in [1.82, 2.24) is 9.55 Å². The average molecular weight is 430 g/mol. The standard InChI is InChI=1S/C22H27N3O2S2/c1-8-25-21(27)17-14(5)15(6)28-20(17)24-22(25)29-16(7)19(26)23-18-12(3)9-11(2)10-13(18)4/h9-10,16H,8H2,1-7H3,(H,23,26). The van der Waals surface area contributed by atoms with Crippen LogP contribution < -0.4 is 10.9 Å². The Bertz CT molecular complexity index is 1140. The highest BCUT2D eigenvalue weighted by atomic mass is 32.2. The molecule has 0 bridgehead atoms. The van der Waals surface area contributed by atoms with Crippen LogP contribution in [0.5, 0.6) is 0 Å². The van der Waals surface area contributed by atoms with Gasteiger partial charge in [0.25, 0.3) is 5.56 Å². The highest BCUT2D eigenvalue weighted by molar-refractivity contribution is 8.00. The third-order valence-electron chi connectivity index (χ3n) is 5.15. The summed E-state index contributed by atoms with van der Waals surface area (Å²) in [5.74, 6) is -0.0967. The van der Waals surface area contributed by atoms with Gasteiger partial charge in [-0.15, -0.1) is 11.3 Å². The summed E-state index contributed by atoms with van der Waals surface area (Å²) in [6, 6.07) is 4.12. The molecule has 2 aromatic heterocycles. The average Bonchev–Trinajstić information content (AvgIpc) is 2.92. The van der Waals surface area contributed by atoms with E-state index in [0.717, 1.165) is 32.1 Å². The van der Waals surface area contributed by atoms with Crippen molar-refractivity contribution >= 4 is 44.9 Å². The van der Waals surface area contributed by atoms with E-state index in [9.17, 15) is 9.59 Å². The zero-order valence-electron chi connectivity index (χ0n) is 18.0. The molecule has 154 valence electrons. The molecule has 1 N–H and O–H groups in total. The number of carbonyl (C=O) groups is 1. The van der Waals surface area contributed by atoms with Crippen molar-refractivity contribution in [3.05, 3.63) is 49.6 Å². The summed E-state index contributed by atoms with van der Waals surface area (Å²) in [6.07, 6.45) is 0. The van der Waals surface area contributed by atoms with Gasteiger partial charge in [0.1, 0.15) is 4.83 Å². The number of hydrogen-bond acceptors (Lipinski definition) is 5. The van der Waals surface area contributed by atoms with Gasteiger partial charge in [0.05, 0.1) is 10.6 Å². The second-order valence-corrected chi connectivity index (χ2v) is 9.94. The number of fused-ring (bicyclic) bond motifs is 1. The molecule has 0 fully saturated rings. The molecule has 29 heavy (non-hydrogen) atoms. The molecule has 0 saturated carbocycles. The van der Waals surface area contributed by atoms with Crippen molar-refractivity contribution in [2.24, 2.45) is 0 Å². The first-order valence-corrected chi connectivity index (χ1v) is 11.4.